The molecule has 0 saturated carbocycles. The second-order valence-corrected chi connectivity index (χ2v) is 11.2. The van der Waals surface area contributed by atoms with Gasteiger partial charge in [-0.25, -0.2) is 21.9 Å². The van der Waals surface area contributed by atoms with Crippen LogP contribution in [0.1, 0.15) is 40.4 Å². The number of aryl methyl sites for hydroxylation is 1. The molecule has 0 saturated heterocycles. The van der Waals surface area contributed by atoms with Crippen LogP contribution in [0.3, 0.4) is 0 Å². The van der Waals surface area contributed by atoms with Gasteiger partial charge in [-0.05, 0) is 72.4 Å². The minimum absolute atomic E-state index is 0.00345. The highest BCUT2D eigenvalue weighted by molar-refractivity contribution is 7.89. The smallest absolute Gasteiger partial charge is 0.251 e. The third-order valence-corrected chi connectivity index (χ3v) is 7.79. The van der Waals surface area contributed by atoms with Crippen LogP contribution in [0.15, 0.2) is 84.3 Å². The molecule has 0 aliphatic heterocycles. The molecular formula is C30H35F2N3O4S. The lowest BCUT2D eigenvalue weighted by Crippen LogP contribution is -2.48. The fourth-order valence-electron chi connectivity index (χ4n) is 4.15. The van der Waals surface area contributed by atoms with Gasteiger partial charge in [0.2, 0.25) is 10.0 Å². The SMILES string of the molecule is C=CCCNS(=O)(=O)c1ccc(C(=O)N[C@@H](Cc2cc(F)cc(F)c2)[C@H](O)CNCc2cccc(CC)c2)cc1. The van der Waals surface area contributed by atoms with E-state index in [1.165, 1.54) is 29.8 Å². The maximum absolute atomic E-state index is 13.8. The van der Waals surface area contributed by atoms with Crippen molar-refractivity contribution in [1.82, 2.24) is 15.4 Å². The van der Waals surface area contributed by atoms with Gasteiger partial charge in [-0.2, -0.15) is 0 Å². The monoisotopic (exact) mass is 571 g/mol. The lowest BCUT2D eigenvalue weighted by molar-refractivity contribution is 0.0829. The summed E-state index contributed by atoms with van der Waals surface area (Å²) in [5, 5.41) is 16.9. The number of carbonyl (C=O) groups excluding carboxylic acids is 1. The van der Waals surface area contributed by atoms with Crippen LogP contribution in [0.25, 0.3) is 0 Å². The quantitative estimate of drug-likeness (QED) is 0.164. The van der Waals surface area contributed by atoms with Crippen molar-refractivity contribution in [2.75, 3.05) is 13.1 Å². The highest BCUT2D eigenvalue weighted by Crippen LogP contribution is 2.15. The molecule has 3 rings (SSSR count). The van der Waals surface area contributed by atoms with Crippen LogP contribution >= 0.6 is 0 Å². The zero-order chi connectivity index (χ0) is 29.1. The minimum Gasteiger partial charge on any atom is -0.390 e. The van der Waals surface area contributed by atoms with Gasteiger partial charge in [-0.15, -0.1) is 6.58 Å². The van der Waals surface area contributed by atoms with E-state index in [-0.39, 0.29) is 35.5 Å². The van der Waals surface area contributed by atoms with E-state index in [9.17, 15) is 27.1 Å². The Balaban J connectivity index is 1.72. The number of carbonyl (C=O) groups is 1. The molecule has 7 nitrogen and oxygen atoms in total. The van der Waals surface area contributed by atoms with Gasteiger partial charge in [0.05, 0.1) is 17.0 Å². The van der Waals surface area contributed by atoms with Crippen LogP contribution in [0, 0.1) is 11.6 Å². The molecule has 0 aliphatic carbocycles. The Bertz CT molecular complexity index is 1380. The fraction of sp³-hybridized carbons (Fsp3) is 0.300. The average Bonchev–Trinajstić information content (AvgIpc) is 2.92. The first-order valence-electron chi connectivity index (χ1n) is 13.0. The lowest BCUT2D eigenvalue weighted by atomic mass is 10.00. The molecule has 10 heteroatoms. The van der Waals surface area contributed by atoms with Crippen LogP contribution in [0.4, 0.5) is 8.78 Å². The summed E-state index contributed by atoms with van der Waals surface area (Å²) in [4.78, 5) is 13.1. The Kier molecular flexibility index (Phi) is 11.5. The topological polar surface area (TPSA) is 108 Å². The Labute approximate surface area is 234 Å². The number of aliphatic hydroxyl groups excluding tert-OH is 1. The summed E-state index contributed by atoms with van der Waals surface area (Å²) in [6.45, 7) is 6.40. The maximum Gasteiger partial charge on any atom is 0.251 e. The minimum atomic E-state index is -3.75. The zero-order valence-electron chi connectivity index (χ0n) is 22.4. The summed E-state index contributed by atoms with van der Waals surface area (Å²) < 4.78 is 54.9. The number of amides is 1. The summed E-state index contributed by atoms with van der Waals surface area (Å²) in [6, 6.07) is 15.5. The molecule has 40 heavy (non-hydrogen) atoms. The largest absolute Gasteiger partial charge is 0.390 e. The van der Waals surface area contributed by atoms with Crippen LogP contribution in [-0.4, -0.2) is 44.7 Å². The van der Waals surface area contributed by atoms with Crippen molar-refractivity contribution in [2.24, 2.45) is 0 Å². The van der Waals surface area contributed by atoms with Crippen molar-refractivity contribution >= 4 is 15.9 Å². The number of hydrogen-bond acceptors (Lipinski definition) is 5. The van der Waals surface area contributed by atoms with E-state index in [1.54, 1.807) is 6.08 Å². The van der Waals surface area contributed by atoms with Gasteiger partial charge >= 0.3 is 0 Å². The van der Waals surface area contributed by atoms with Crippen molar-refractivity contribution < 1.29 is 27.1 Å². The van der Waals surface area contributed by atoms with E-state index in [0.29, 0.717) is 13.0 Å². The van der Waals surface area contributed by atoms with Crippen LogP contribution in [-0.2, 0) is 29.4 Å². The van der Waals surface area contributed by atoms with E-state index >= 15 is 0 Å². The van der Waals surface area contributed by atoms with Gasteiger partial charge in [-0.3, -0.25) is 4.79 Å². The van der Waals surface area contributed by atoms with Gasteiger partial charge in [0.15, 0.2) is 0 Å². The van der Waals surface area contributed by atoms with Crippen LogP contribution in [0.2, 0.25) is 0 Å². The average molecular weight is 572 g/mol. The fourth-order valence-corrected chi connectivity index (χ4v) is 5.20. The normalized spacial score (nSPS) is 13.0. The van der Waals surface area contributed by atoms with E-state index in [2.05, 4.69) is 34.9 Å². The van der Waals surface area contributed by atoms with E-state index in [4.69, 9.17) is 0 Å². The molecule has 2 atom stereocenters. The highest BCUT2D eigenvalue weighted by atomic mass is 32.2. The van der Waals surface area contributed by atoms with Gasteiger partial charge in [0, 0.05) is 31.3 Å². The second-order valence-electron chi connectivity index (χ2n) is 9.43. The summed E-state index contributed by atoms with van der Waals surface area (Å²) in [5.74, 6) is -2.09. The Morgan fingerprint density at radius 2 is 1.68 bits per heavy atom. The zero-order valence-corrected chi connectivity index (χ0v) is 23.2. The van der Waals surface area contributed by atoms with Gasteiger partial charge in [0.1, 0.15) is 11.6 Å². The second kappa shape index (κ2) is 14.8. The first kappa shape index (κ1) is 31.1. The highest BCUT2D eigenvalue weighted by Gasteiger charge is 2.23. The summed E-state index contributed by atoms with van der Waals surface area (Å²) in [6.07, 6.45) is 1.83. The molecule has 0 spiro atoms. The standard InChI is InChI=1S/C30H35F2N3O4S/c1-3-5-13-34-40(38,39)27-11-9-24(10-12-27)30(37)35-28(17-23-15-25(31)18-26(32)16-23)29(36)20-33-19-22-8-6-7-21(4-2)14-22/h3,6-12,14-16,18,28-29,33-34,36H,1,4-5,13,17,19-20H2,2H3,(H,35,37)/t28-,29+/m0/s1. The molecule has 0 unspecified atom stereocenters. The van der Waals surface area contributed by atoms with E-state index in [1.807, 2.05) is 18.2 Å². The first-order valence-corrected chi connectivity index (χ1v) is 14.5. The summed E-state index contributed by atoms with van der Waals surface area (Å²) >= 11 is 0. The molecule has 0 bridgehead atoms. The Morgan fingerprint density at radius 1 is 1.00 bits per heavy atom. The molecule has 0 fully saturated rings. The lowest BCUT2D eigenvalue weighted by Gasteiger charge is -2.25. The summed E-state index contributed by atoms with van der Waals surface area (Å²) in [7, 11) is -3.75. The predicted octanol–water partition coefficient (Wildman–Crippen LogP) is 3.87. The molecule has 0 aromatic heterocycles. The number of nitrogens with one attached hydrogen (secondary N) is 3. The number of aliphatic hydroxyl groups is 1. The molecule has 0 aliphatic rings. The molecular weight excluding hydrogens is 536 g/mol. The Morgan fingerprint density at radius 3 is 2.33 bits per heavy atom. The van der Waals surface area contributed by atoms with Crippen LogP contribution in [0.5, 0.6) is 0 Å². The third-order valence-electron chi connectivity index (χ3n) is 6.31. The number of benzene rings is 3. The Hall–Kier alpha value is -3.44. The van der Waals surface area contributed by atoms with Gasteiger partial charge < -0.3 is 15.7 Å². The number of hydrogen-bond donors (Lipinski definition) is 4. The third kappa shape index (κ3) is 9.34. The van der Waals surface area contributed by atoms with Gasteiger partial charge in [-0.1, -0.05) is 37.3 Å². The van der Waals surface area contributed by atoms with Crippen molar-refractivity contribution in [3.05, 3.63) is 113 Å². The van der Waals surface area contributed by atoms with Crippen molar-refractivity contribution in [2.45, 2.75) is 49.8 Å². The molecule has 0 radical (unpaired) electrons. The molecule has 214 valence electrons. The van der Waals surface area contributed by atoms with Crippen LogP contribution < -0.4 is 15.4 Å². The molecule has 3 aromatic rings. The number of rotatable bonds is 15. The van der Waals surface area contributed by atoms with E-state index in [0.717, 1.165) is 30.2 Å². The molecule has 3 aromatic carbocycles. The van der Waals surface area contributed by atoms with Gasteiger partial charge in [0.25, 0.3) is 5.91 Å². The van der Waals surface area contributed by atoms with Crippen molar-refractivity contribution in [1.29, 1.82) is 0 Å². The first-order chi connectivity index (χ1) is 19.1. The summed E-state index contributed by atoms with van der Waals surface area (Å²) in [5.41, 5.74) is 2.65. The molecule has 1 amide bonds. The number of halogens is 2. The van der Waals surface area contributed by atoms with Crippen molar-refractivity contribution in [3.8, 4) is 0 Å². The number of sulfonamides is 1. The van der Waals surface area contributed by atoms with Crippen molar-refractivity contribution in [3.63, 3.8) is 0 Å². The molecule has 4 N–H and O–H groups in total. The predicted molar refractivity (Wildman–Crippen MR) is 151 cm³/mol. The van der Waals surface area contributed by atoms with E-state index < -0.39 is 39.7 Å². The maximum atomic E-state index is 13.8. The molecule has 0 heterocycles.